The van der Waals surface area contributed by atoms with E-state index in [4.69, 9.17) is 0 Å². The maximum Gasteiger partial charge on any atom is 0.277 e. The van der Waals surface area contributed by atoms with Crippen LogP contribution in [0.15, 0.2) is 95.0 Å². The van der Waals surface area contributed by atoms with E-state index in [0.29, 0.717) is 3.71 Å². The van der Waals surface area contributed by atoms with Crippen LogP contribution in [0.3, 0.4) is 0 Å². The summed E-state index contributed by atoms with van der Waals surface area (Å²) in [4.78, 5) is 3.60. The Labute approximate surface area is 146 Å². The lowest BCUT2D eigenvalue weighted by atomic mass is 10.4. The zero-order chi connectivity index (χ0) is 17.9. The second-order valence-corrected chi connectivity index (χ2v) is 8.85. The van der Waals surface area contributed by atoms with Crippen molar-refractivity contribution < 1.29 is 16.8 Å². The van der Waals surface area contributed by atoms with Crippen molar-refractivity contribution in [3.63, 3.8) is 0 Å². The van der Waals surface area contributed by atoms with E-state index in [-0.39, 0.29) is 15.5 Å². The average Bonchev–Trinajstić information content (AvgIpc) is 2.64. The molecular weight excluding hydrogens is 360 g/mol. The smallest absolute Gasteiger partial charge is 0.262 e. The largest absolute Gasteiger partial charge is 0.277 e. The molecule has 0 atom stereocenters. The van der Waals surface area contributed by atoms with E-state index in [1.807, 2.05) is 0 Å². The summed E-state index contributed by atoms with van der Waals surface area (Å²) in [7, 11) is -8.71. The molecule has 0 amide bonds. The maximum absolute atomic E-state index is 13.1. The third-order valence-electron chi connectivity index (χ3n) is 3.38. The molecule has 8 heteroatoms. The van der Waals surface area contributed by atoms with Crippen molar-refractivity contribution in [2.45, 2.75) is 9.79 Å². The van der Waals surface area contributed by atoms with Crippen molar-refractivity contribution in [3.8, 4) is 0 Å². The van der Waals surface area contributed by atoms with Crippen LogP contribution in [0.4, 0.5) is 5.69 Å². The van der Waals surface area contributed by atoms with E-state index in [1.165, 1.54) is 73.1 Å². The molecule has 25 heavy (non-hydrogen) atoms. The Hall–Kier alpha value is -2.71. The highest BCUT2D eigenvalue weighted by atomic mass is 32.3. The van der Waals surface area contributed by atoms with Gasteiger partial charge in [-0.05, 0) is 36.4 Å². The summed E-state index contributed by atoms with van der Waals surface area (Å²) in [5.41, 5.74) is -0.0600. The maximum atomic E-state index is 13.1. The Kier molecular flexibility index (Phi) is 4.56. The molecule has 128 valence electrons. The molecule has 1 aromatic heterocycles. The first-order valence-electron chi connectivity index (χ1n) is 7.25. The molecule has 3 aromatic rings. The number of nitrogens with zero attached hydrogens (tertiary/aromatic N) is 2. The van der Waals surface area contributed by atoms with Gasteiger partial charge in [-0.1, -0.05) is 36.4 Å². The van der Waals surface area contributed by atoms with Crippen LogP contribution in [0.1, 0.15) is 0 Å². The van der Waals surface area contributed by atoms with Crippen LogP contribution >= 0.6 is 0 Å². The molecule has 0 aliphatic rings. The number of sulfonamides is 2. The molecule has 0 saturated heterocycles. The fourth-order valence-corrected chi connectivity index (χ4v) is 5.95. The summed E-state index contributed by atoms with van der Waals surface area (Å²) in [6.45, 7) is 0. The van der Waals surface area contributed by atoms with Crippen LogP contribution in [0.2, 0.25) is 0 Å². The number of hydrogen-bond donors (Lipinski definition) is 0. The summed E-state index contributed by atoms with van der Waals surface area (Å²) in [5, 5.41) is 0. The van der Waals surface area contributed by atoms with Crippen LogP contribution in [0.5, 0.6) is 0 Å². The molecule has 0 aliphatic carbocycles. The van der Waals surface area contributed by atoms with Crippen LogP contribution < -0.4 is 3.71 Å². The molecule has 6 nitrogen and oxygen atoms in total. The first-order chi connectivity index (χ1) is 11.9. The highest BCUT2D eigenvalue weighted by molar-refractivity contribution is 8.10. The van der Waals surface area contributed by atoms with Crippen molar-refractivity contribution in [3.05, 3.63) is 85.2 Å². The third kappa shape index (κ3) is 3.26. The van der Waals surface area contributed by atoms with Gasteiger partial charge in [0.15, 0.2) is 0 Å². The van der Waals surface area contributed by atoms with Gasteiger partial charge in [0.2, 0.25) is 0 Å². The number of benzene rings is 2. The minimum atomic E-state index is -4.35. The molecule has 1 heterocycles. The zero-order valence-electron chi connectivity index (χ0n) is 12.9. The molecule has 0 saturated carbocycles. The third-order valence-corrected chi connectivity index (χ3v) is 7.58. The number of anilines is 1. The molecule has 0 aliphatic heterocycles. The van der Waals surface area contributed by atoms with Crippen molar-refractivity contribution >= 4 is 25.7 Å². The minimum absolute atomic E-state index is 0.0600. The van der Waals surface area contributed by atoms with Gasteiger partial charge in [0.05, 0.1) is 21.7 Å². The standard InChI is InChI=1S/C17H14N2O4S2/c20-24(21,16-9-3-1-4-10-16)19(15-8-7-13-18-14-15)25(22,23)17-11-5-2-6-12-17/h1-14H. The Morgan fingerprint density at radius 2 is 1.12 bits per heavy atom. The predicted octanol–water partition coefficient (Wildman–Crippen LogP) is 2.67. The molecule has 0 fully saturated rings. The highest BCUT2D eigenvalue weighted by Gasteiger charge is 2.36. The molecule has 0 radical (unpaired) electrons. The fraction of sp³-hybridized carbons (Fsp3) is 0. The summed E-state index contributed by atoms with van der Waals surface area (Å²) in [6, 6.07) is 17.7. The summed E-state index contributed by atoms with van der Waals surface area (Å²) < 4.78 is 52.7. The van der Waals surface area contributed by atoms with Gasteiger partial charge in [-0.3, -0.25) is 4.98 Å². The lowest BCUT2D eigenvalue weighted by Crippen LogP contribution is -2.37. The second kappa shape index (κ2) is 6.66. The molecule has 0 unspecified atom stereocenters. The monoisotopic (exact) mass is 374 g/mol. The van der Waals surface area contributed by atoms with Gasteiger partial charge < -0.3 is 0 Å². The van der Waals surface area contributed by atoms with Gasteiger partial charge in [0.25, 0.3) is 20.0 Å². The van der Waals surface area contributed by atoms with Crippen molar-refractivity contribution in [2.75, 3.05) is 3.71 Å². The average molecular weight is 374 g/mol. The summed E-state index contributed by atoms with van der Waals surface area (Å²) in [6.07, 6.45) is 2.63. The predicted molar refractivity (Wildman–Crippen MR) is 94.0 cm³/mol. The van der Waals surface area contributed by atoms with E-state index in [1.54, 1.807) is 12.1 Å². The zero-order valence-corrected chi connectivity index (χ0v) is 14.6. The topological polar surface area (TPSA) is 84.4 Å². The quantitative estimate of drug-likeness (QED) is 0.685. The van der Waals surface area contributed by atoms with Gasteiger partial charge in [-0.2, -0.15) is 3.71 Å². The van der Waals surface area contributed by atoms with E-state index in [0.717, 1.165) is 0 Å². The summed E-state index contributed by atoms with van der Waals surface area (Å²) in [5.74, 6) is 0. The first-order valence-corrected chi connectivity index (χ1v) is 10.1. The summed E-state index contributed by atoms with van der Waals surface area (Å²) >= 11 is 0. The van der Waals surface area contributed by atoms with Crippen LogP contribution in [-0.4, -0.2) is 21.8 Å². The van der Waals surface area contributed by atoms with Crippen LogP contribution in [0, 0.1) is 0 Å². The molecule has 0 spiro atoms. The molecular formula is C17H14N2O4S2. The lowest BCUT2D eigenvalue weighted by molar-refractivity contribution is 0.584. The Balaban J connectivity index is 2.26. The second-order valence-electron chi connectivity index (χ2n) is 5.04. The number of rotatable bonds is 5. The Morgan fingerprint density at radius 3 is 1.52 bits per heavy atom. The first kappa shape index (κ1) is 17.1. The molecule has 3 rings (SSSR count). The normalized spacial score (nSPS) is 11.8. The van der Waals surface area contributed by atoms with Gasteiger partial charge >= 0.3 is 0 Å². The highest BCUT2D eigenvalue weighted by Crippen LogP contribution is 2.29. The van der Waals surface area contributed by atoms with Crippen LogP contribution in [0.25, 0.3) is 0 Å². The minimum Gasteiger partial charge on any atom is -0.262 e. The number of pyridine rings is 1. The Morgan fingerprint density at radius 1 is 0.640 bits per heavy atom. The van der Waals surface area contributed by atoms with Gasteiger partial charge in [0, 0.05) is 6.20 Å². The lowest BCUT2D eigenvalue weighted by Gasteiger charge is -2.23. The number of hydrogen-bond acceptors (Lipinski definition) is 5. The SMILES string of the molecule is O=S(=O)(c1ccccc1)N(c1cccnc1)S(=O)(=O)c1ccccc1. The van der Waals surface area contributed by atoms with Gasteiger partial charge in [0.1, 0.15) is 0 Å². The van der Waals surface area contributed by atoms with E-state index in [9.17, 15) is 16.8 Å². The van der Waals surface area contributed by atoms with E-state index < -0.39 is 20.0 Å². The Bertz CT molecular complexity index is 984. The fourth-order valence-electron chi connectivity index (χ4n) is 2.24. The molecule has 0 bridgehead atoms. The van der Waals surface area contributed by atoms with Gasteiger partial charge in [-0.15, -0.1) is 0 Å². The van der Waals surface area contributed by atoms with Crippen molar-refractivity contribution in [2.24, 2.45) is 0 Å². The molecule has 2 aromatic carbocycles. The van der Waals surface area contributed by atoms with Crippen LogP contribution in [-0.2, 0) is 20.0 Å². The molecule has 0 N–H and O–H groups in total. The van der Waals surface area contributed by atoms with E-state index in [2.05, 4.69) is 4.98 Å². The van der Waals surface area contributed by atoms with E-state index >= 15 is 0 Å². The van der Waals surface area contributed by atoms with Gasteiger partial charge in [-0.25, -0.2) is 16.8 Å². The van der Waals surface area contributed by atoms with Crippen molar-refractivity contribution in [1.82, 2.24) is 4.98 Å². The van der Waals surface area contributed by atoms with Crippen molar-refractivity contribution in [1.29, 1.82) is 0 Å². The number of aromatic nitrogens is 1.